The molecule has 0 unspecified atom stereocenters. The Bertz CT molecular complexity index is 601. The predicted octanol–water partition coefficient (Wildman–Crippen LogP) is 1.15. The molecule has 1 fully saturated rings. The normalized spacial score (nSPS) is 19.8. The van der Waals surface area contributed by atoms with Crippen LogP contribution in [0, 0.1) is 0 Å². The maximum atomic E-state index is 12.3. The summed E-state index contributed by atoms with van der Waals surface area (Å²) >= 11 is 0. The van der Waals surface area contributed by atoms with Crippen LogP contribution in [0.25, 0.3) is 0 Å². The molecular formula is C18H23N3O3. The van der Waals surface area contributed by atoms with Crippen molar-refractivity contribution in [2.45, 2.75) is 37.8 Å². The zero-order chi connectivity index (χ0) is 17.4. The summed E-state index contributed by atoms with van der Waals surface area (Å²) < 4.78 is 0. The van der Waals surface area contributed by atoms with Crippen LogP contribution >= 0.6 is 0 Å². The summed E-state index contributed by atoms with van der Waals surface area (Å²) in [6.07, 6.45) is 4.77. The van der Waals surface area contributed by atoms with Crippen LogP contribution in [0.2, 0.25) is 0 Å². The summed E-state index contributed by atoms with van der Waals surface area (Å²) in [5.41, 5.74) is 0.603. The molecule has 0 spiro atoms. The van der Waals surface area contributed by atoms with E-state index in [1.807, 2.05) is 18.2 Å². The first kappa shape index (κ1) is 17.7. The van der Waals surface area contributed by atoms with Crippen molar-refractivity contribution in [3.05, 3.63) is 48.6 Å². The molecule has 24 heavy (non-hydrogen) atoms. The Kier molecular flexibility index (Phi) is 6.54. The maximum Gasteiger partial charge on any atom is 0.251 e. The molecule has 0 radical (unpaired) electrons. The lowest BCUT2D eigenvalue weighted by Crippen LogP contribution is -2.54. The van der Waals surface area contributed by atoms with Gasteiger partial charge in [0.1, 0.15) is 0 Å². The SMILES string of the molecule is C=CC(=O)NCC(=O)N[C@@H]1CCCC[C@H]1NC(=O)c1ccccc1. The van der Waals surface area contributed by atoms with Crippen molar-refractivity contribution >= 4 is 17.7 Å². The van der Waals surface area contributed by atoms with Gasteiger partial charge in [-0.1, -0.05) is 37.6 Å². The lowest BCUT2D eigenvalue weighted by atomic mass is 9.90. The first-order chi connectivity index (χ1) is 11.6. The van der Waals surface area contributed by atoms with Crippen LogP contribution in [-0.4, -0.2) is 36.3 Å². The van der Waals surface area contributed by atoms with E-state index in [1.54, 1.807) is 12.1 Å². The second kappa shape index (κ2) is 8.86. The summed E-state index contributed by atoms with van der Waals surface area (Å²) in [6, 6.07) is 8.78. The monoisotopic (exact) mass is 329 g/mol. The molecule has 1 aromatic rings. The Labute approximate surface area is 141 Å². The van der Waals surface area contributed by atoms with E-state index in [9.17, 15) is 14.4 Å². The lowest BCUT2D eigenvalue weighted by molar-refractivity contribution is -0.124. The summed E-state index contributed by atoms with van der Waals surface area (Å²) in [4.78, 5) is 35.4. The topological polar surface area (TPSA) is 87.3 Å². The van der Waals surface area contributed by atoms with Gasteiger partial charge in [-0.05, 0) is 31.1 Å². The van der Waals surface area contributed by atoms with Gasteiger partial charge < -0.3 is 16.0 Å². The molecule has 6 heteroatoms. The fraction of sp³-hybridized carbons (Fsp3) is 0.389. The number of rotatable bonds is 6. The minimum Gasteiger partial charge on any atom is -0.350 e. The predicted molar refractivity (Wildman–Crippen MR) is 91.3 cm³/mol. The molecule has 6 nitrogen and oxygen atoms in total. The van der Waals surface area contributed by atoms with Crippen molar-refractivity contribution in [1.82, 2.24) is 16.0 Å². The molecule has 0 aliphatic heterocycles. The third-order valence-corrected chi connectivity index (χ3v) is 4.07. The Morgan fingerprint density at radius 2 is 1.67 bits per heavy atom. The minimum atomic E-state index is -0.386. The van der Waals surface area contributed by atoms with Gasteiger partial charge >= 0.3 is 0 Å². The Hall–Kier alpha value is -2.63. The molecule has 1 aliphatic rings. The van der Waals surface area contributed by atoms with E-state index >= 15 is 0 Å². The van der Waals surface area contributed by atoms with Gasteiger partial charge in [0.05, 0.1) is 6.54 Å². The lowest BCUT2D eigenvalue weighted by Gasteiger charge is -2.32. The second-order valence-corrected chi connectivity index (χ2v) is 5.83. The van der Waals surface area contributed by atoms with Gasteiger partial charge in [-0.3, -0.25) is 14.4 Å². The first-order valence-electron chi connectivity index (χ1n) is 8.15. The van der Waals surface area contributed by atoms with Crippen molar-refractivity contribution in [2.75, 3.05) is 6.54 Å². The van der Waals surface area contributed by atoms with Crippen LogP contribution in [0.15, 0.2) is 43.0 Å². The molecule has 0 bridgehead atoms. The highest BCUT2D eigenvalue weighted by molar-refractivity contribution is 5.94. The molecule has 1 aromatic carbocycles. The van der Waals surface area contributed by atoms with Crippen molar-refractivity contribution in [1.29, 1.82) is 0 Å². The second-order valence-electron chi connectivity index (χ2n) is 5.83. The van der Waals surface area contributed by atoms with Crippen molar-refractivity contribution in [2.24, 2.45) is 0 Å². The average molecular weight is 329 g/mol. The van der Waals surface area contributed by atoms with E-state index in [0.717, 1.165) is 31.8 Å². The van der Waals surface area contributed by atoms with Crippen LogP contribution in [-0.2, 0) is 9.59 Å². The highest BCUT2D eigenvalue weighted by Gasteiger charge is 2.28. The number of nitrogens with one attached hydrogen (secondary N) is 3. The summed E-state index contributed by atoms with van der Waals surface area (Å²) in [6.45, 7) is 3.24. The molecule has 2 rings (SSSR count). The van der Waals surface area contributed by atoms with Crippen LogP contribution in [0.4, 0.5) is 0 Å². The number of benzene rings is 1. The van der Waals surface area contributed by atoms with Gasteiger partial charge in [-0.2, -0.15) is 0 Å². The maximum absolute atomic E-state index is 12.3. The largest absolute Gasteiger partial charge is 0.350 e. The van der Waals surface area contributed by atoms with Gasteiger partial charge in [0.25, 0.3) is 5.91 Å². The average Bonchev–Trinajstić information content (AvgIpc) is 2.62. The number of hydrogen-bond donors (Lipinski definition) is 3. The van der Waals surface area contributed by atoms with Crippen LogP contribution in [0.5, 0.6) is 0 Å². The fourth-order valence-corrected chi connectivity index (χ4v) is 2.82. The van der Waals surface area contributed by atoms with Gasteiger partial charge in [0, 0.05) is 17.6 Å². The molecule has 3 amide bonds. The Morgan fingerprint density at radius 3 is 2.29 bits per heavy atom. The molecule has 0 aromatic heterocycles. The fourth-order valence-electron chi connectivity index (χ4n) is 2.82. The first-order valence-corrected chi connectivity index (χ1v) is 8.15. The molecule has 0 heterocycles. The van der Waals surface area contributed by atoms with Crippen LogP contribution in [0.3, 0.4) is 0 Å². The van der Waals surface area contributed by atoms with Gasteiger partial charge in [-0.25, -0.2) is 0 Å². The van der Waals surface area contributed by atoms with E-state index in [2.05, 4.69) is 22.5 Å². The summed E-state index contributed by atoms with van der Waals surface area (Å²) in [5.74, 6) is -0.791. The smallest absolute Gasteiger partial charge is 0.251 e. The van der Waals surface area contributed by atoms with Crippen molar-refractivity contribution < 1.29 is 14.4 Å². The van der Waals surface area contributed by atoms with E-state index in [4.69, 9.17) is 0 Å². The highest BCUT2D eigenvalue weighted by atomic mass is 16.2. The molecule has 1 saturated carbocycles. The number of amides is 3. The molecule has 128 valence electrons. The summed E-state index contributed by atoms with van der Waals surface area (Å²) in [7, 11) is 0. The number of hydrogen-bond acceptors (Lipinski definition) is 3. The molecular weight excluding hydrogens is 306 g/mol. The Balaban J connectivity index is 1.90. The van der Waals surface area contributed by atoms with Gasteiger partial charge in [0.2, 0.25) is 11.8 Å². The van der Waals surface area contributed by atoms with E-state index in [1.165, 1.54) is 0 Å². The van der Waals surface area contributed by atoms with E-state index in [0.29, 0.717) is 5.56 Å². The van der Waals surface area contributed by atoms with E-state index < -0.39 is 0 Å². The third kappa shape index (κ3) is 5.22. The standard InChI is InChI=1S/C18H23N3O3/c1-2-16(22)19-12-17(23)20-14-10-6-7-11-15(14)21-18(24)13-8-4-3-5-9-13/h2-5,8-9,14-15H,1,6-7,10-12H2,(H,19,22)(H,20,23)(H,21,24)/t14-,15-/m1/s1. The zero-order valence-electron chi connectivity index (χ0n) is 13.6. The number of carbonyl (C=O) groups is 3. The van der Waals surface area contributed by atoms with Gasteiger partial charge in [-0.15, -0.1) is 0 Å². The zero-order valence-corrected chi connectivity index (χ0v) is 13.6. The Morgan fingerprint density at radius 1 is 1.04 bits per heavy atom. The van der Waals surface area contributed by atoms with Crippen molar-refractivity contribution in [3.8, 4) is 0 Å². The highest BCUT2D eigenvalue weighted by Crippen LogP contribution is 2.19. The van der Waals surface area contributed by atoms with E-state index in [-0.39, 0.29) is 36.3 Å². The quantitative estimate of drug-likeness (QED) is 0.684. The number of carbonyl (C=O) groups excluding carboxylic acids is 3. The van der Waals surface area contributed by atoms with Gasteiger partial charge in [0.15, 0.2) is 0 Å². The van der Waals surface area contributed by atoms with Crippen LogP contribution < -0.4 is 16.0 Å². The minimum absolute atomic E-state index is 0.0965. The molecule has 0 saturated heterocycles. The van der Waals surface area contributed by atoms with Crippen molar-refractivity contribution in [3.63, 3.8) is 0 Å². The summed E-state index contributed by atoms with van der Waals surface area (Å²) in [5, 5.41) is 8.36. The van der Waals surface area contributed by atoms with Crippen LogP contribution in [0.1, 0.15) is 36.0 Å². The molecule has 1 aliphatic carbocycles. The molecule has 2 atom stereocenters. The third-order valence-electron chi connectivity index (χ3n) is 4.07. The molecule has 3 N–H and O–H groups in total.